The smallest absolute Gasteiger partial charge is 0.276 e. The van der Waals surface area contributed by atoms with Gasteiger partial charge in [0.25, 0.3) is 5.56 Å². The third-order valence-electron chi connectivity index (χ3n) is 2.81. The minimum Gasteiger partial charge on any atom is -0.369 e. The average molecular weight is 317 g/mol. The van der Waals surface area contributed by atoms with Gasteiger partial charge < -0.3 is 5.73 Å². The molecule has 0 fully saturated rings. The van der Waals surface area contributed by atoms with Crippen LogP contribution in [0.5, 0.6) is 0 Å². The number of nitrogens with zero attached hydrogens (tertiary/aromatic N) is 2. The topological polar surface area (TPSA) is 78.0 Å². The van der Waals surface area contributed by atoms with Crippen molar-refractivity contribution in [1.29, 1.82) is 0 Å². The Labute approximate surface area is 128 Å². The van der Waals surface area contributed by atoms with Crippen LogP contribution in [0.2, 0.25) is 0 Å². The normalized spacial score (nSPS) is 10.9. The molecule has 0 saturated heterocycles. The van der Waals surface area contributed by atoms with Crippen LogP contribution in [0.1, 0.15) is 0 Å². The molecule has 0 atom stereocenters. The Morgan fingerprint density at radius 1 is 1.29 bits per heavy atom. The van der Waals surface area contributed by atoms with Crippen LogP contribution in [0.25, 0.3) is 15.9 Å². The Kier molecular flexibility index (Phi) is 3.76. The maximum Gasteiger partial charge on any atom is 0.276 e. The number of aromatic nitrogens is 2. The number of benzene rings is 1. The van der Waals surface area contributed by atoms with Gasteiger partial charge >= 0.3 is 0 Å². The molecule has 0 spiro atoms. The van der Waals surface area contributed by atoms with Gasteiger partial charge in [0.15, 0.2) is 5.16 Å². The quantitative estimate of drug-likeness (QED) is 0.590. The molecule has 1 amide bonds. The Balaban J connectivity index is 2.23. The molecule has 0 aliphatic rings. The molecule has 106 valence electrons. The summed E-state index contributed by atoms with van der Waals surface area (Å²) < 4.78 is 2.12. The monoisotopic (exact) mass is 317 g/mol. The van der Waals surface area contributed by atoms with Crippen molar-refractivity contribution in [3.05, 3.63) is 52.1 Å². The van der Waals surface area contributed by atoms with Crippen LogP contribution < -0.4 is 11.3 Å². The number of hydrogen-bond acceptors (Lipinski definition) is 5. The predicted molar refractivity (Wildman–Crippen MR) is 85.1 cm³/mol. The molecule has 3 aromatic rings. The highest BCUT2D eigenvalue weighted by Crippen LogP contribution is 2.23. The summed E-state index contributed by atoms with van der Waals surface area (Å²) in [5, 5.41) is 2.30. The molecule has 0 unspecified atom stereocenters. The maximum atomic E-state index is 12.7. The van der Waals surface area contributed by atoms with Crippen molar-refractivity contribution >= 4 is 39.2 Å². The molecule has 0 saturated carbocycles. The van der Waals surface area contributed by atoms with Crippen LogP contribution in [0.4, 0.5) is 0 Å². The van der Waals surface area contributed by atoms with E-state index >= 15 is 0 Å². The van der Waals surface area contributed by atoms with Crippen LogP contribution in [0, 0.1) is 0 Å². The van der Waals surface area contributed by atoms with E-state index in [9.17, 15) is 9.59 Å². The predicted octanol–water partition coefficient (Wildman–Crippen LogP) is 2.02. The van der Waals surface area contributed by atoms with Crippen molar-refractivity contribution in [3.63, 3.8) is 0 Å². The Bertz CT molecular complexity index is 856. The molecule has 2 heterocycles. The van der Waals surface area contributed by atoms with Crippen LogP contribution in [-0.2, 0) is 4.79 Å². The number of nitrogens with two attached hydrogens (primary N) is 1. The van der Waals surface area contributed by atoms with E-state index in [2.05, 4.69) is 4.98 Å². The second-order valence-electron chi connectivity index (χ2n) is 4.26. The highest BCUT2D eigenvalue weighted by Gasteiger charge is 2.14. The molecular formula is C14H11N3O2S2. The van der Waals surface area contributed by atoms with Crippen molar-refractivity contribution < 1.29 is 4.79 Å². The zero-order chi connectivity index (χ0) is 14.8. The lowest BCUT2D eigenvalue weighted by Gasteiger charge is -2.11. The van der Waals surface area contributed by atoms with Crippen LogP contribution >= 0.6 is 23.1 Å². The summed E-state index contributed by atoms with van der Waals surface area (Å²) in [7, 11) is 0. The second-order valence-corrected chi connectivity index (χ2v) is 6.12. The van der Waals surface area contributed by atoms with E-state index in [0.717, 1.165) is 17.4 Å². The molecule has 0 bridgehead atoms. The largest absolute Gasteiger partial charge is 0.369 e. The number of fused-ring (bicyclic) bond motifs is 1. The number of para-hydroxylation sites is 1. The SMILES string of the molecule is NC(=O)CSc1nc2ccsc2c(=O)n1-c1ccccc1. The molecule has 21 heavy (non-hydrogen) atoms. The Hall–Kier alpha value is -2.12. The first-order valence-corrected chi connectivity index (χ1v) is 8.00. The molecule has 3 rings (SSSR count). The minimum absolute atomic E-state index is 0.0783. The highest BCUT2D eigenvalue weighted by atomic mass is 32.2. The number of hydrogen-bond donors (Lipinski definition) is 1. The average Bonchev–Trinajstić information content (AvgIpc) is 2.95. The van der Waals surface area contributed by atoms with Gasteiger partial charge in [-0.2, -0.15) is 0 Å². The van der Waals surface area contributed by atoms with Crippen molar-refractivity contribution in [3.8, 4) is 5.69 Å². The lowest BCUT2D eigenvalue weighted by Crippen LogP contribution is -2.22. The summed E-state index contributed by atoms with van der Waals surface area (Å²) in [6, 6.07) is 11.0. The van der Waals surface area contributed by atoms with Crippen molar-refractivity contribution in [2.75, 3.05) is 5.75 Å². The first kappa shape index (κ1) is 13.8. The van der Waals surface area contributed by atoms with Crippen molar-refractivity contribution in [1.82, 2.24) is 9.55 Å². The molecule has 0 aliphatic heterocycles. The lowest BCUT2D eigenvalue weighted by atomic mass is 10.3. The van der Waals surface area contributed by atoms with Crippen LogP contribution in [0.15, 0.2) is 51.7 Å². The molecule has 1 aromatic carbocycles. The van der Waals surface area contributed by atoms with Gasteiger partial charge in [-0.25, -0.2) is 4.98 Å². The molecule has 0 radical (unpaired) electrons. The molecule has 2 N–H and O–H groups in total. The number of thioether (sulfide) groups is 1. The Morgan fingerprint density at radius 3 is 2.76 bits per heavy atom. The standard InChI is InChI=1S/C14H11N3O2S2/c15-11(18)8-21-14-16-10-6-7-20-12(10)13(19)17(14)9-4-2-1-3-5-9/h1-7H,8H2,(H2,15,18). The number of rotatable bonds is 4. The van der Waals surface area contributed by atoms with Crippen LogP contribution in [-0.4, -0.2) is 21.2 Å². The van der Waals surface area contributed by atoms with Crippen LogP contribution in [0.3, 0.4) is 0 Å². The fourth-order valence-electron chi connectivity index (χ4n) is 1.93. The van der Waals surface area contributed by atoms with Gasteiger partial charge in [0.2, 0.25) is 5.91 Å². The summed E-state index contributed by atoms with van der Waals surface area (Å²) in [6.45, 7) is 0. The molecule has 0 aliphatic carbocycles. The highest BCUT2D eigenvalue weighted by molar-refractivity contribution is 7.99. The van der Waals surface area contributed by atoms with Gasteiger partial charge in [-0.15, -0.1) is 11.3 Å². The lowest BCUT2D eigenvalue weighted by molar-refractivity contribution is -0.115. The van der Waals surface area contributed by atoms with Gasteiger partial charge in [-0.3, -0.25) is 14.2 Å². The number of thiophene rings is 1. The van der Waals surface area contributed by atoms with E-state index in [1.165, 1.54) is 15.9 Å². The van der Waals surface area contributed by atoms with E-state index in [1.54, 1.807) is 6.07 Å². The summed E-state index contributed by atoms with van der Waals surface area (Å²) >= 11 is 2.52. The fraction of sp³-hybridized carbons (Fsp3) is 0.0714. The number of carbonyl (C=O) groups is 1. The van der Waals surface area contributed by atoms with Gasteiger partial charge in [0.05, 0.1) is 17.0 Å². The number of primary amides is 1. The number of amides is 1. The van der Waals surface area contributed by atoms with Gasteiger partial charge in [0, 0.05) is 0 Å². The molecular weight excluding hydrogens is 306 g/mol. The Morgan fingerprint density at radius 2 is 2.05 bits per heavy atom. The molecule has 7 heteroatoms. The minimum atomic E-state index is -0.445. The summed E-state index contributed by atoms with van der Waals surface area (Å²) in [5.74, 6) is -0.367. The van der Waals surface area contributed by atoms with E-state index < -0.39 is 5.91 Å². The van der Waals surface area contributed by atoms with E-state index in [1.807, 2.05) is 35.7 Å². The van der Waals surface area contributed by atoms with Gasteiger partial charge in [-0.1, -0.05) is 30.0 Å². The maximum absolute atomic E-state index is 12.7. The second kappa shape index (κ2) is 5.71. The third-order valence-corrected chi connectivity index (χ3v) is 4.66. The molecule has 5 nitrogen and oxygen atoms in total. The molecule has 2 aromatic heterocycles. The van der Waals surface area contributed by atoms with E-state index in [4.69, 9.17) is 5.73 Å². The van der Waals surface area contributed by atoms with E-state index in [-0.39, 0.29) is 11.3 Å². The zero-order valence-electron chi connectivity index (χ0n) is 10.9. The van der Waals surface area contributed by atoms with Crippen molar-refractivity contribution in [2.24, 2.45) is 5.73 Å². The fourth-order valence-corrected chi connectivity index (χ4v) is 3.44. The summed E-state index contributed by atoms with van der Waals surface area (Å²) in [4.78, 5) is 28.1. The van der Waals surface area contributed by atoms with Gasteiger partial charge in [-0.05, 0) is 23.6 Å². The van der Waals surface area contributed by atoms with Crippen molar-refractivity contribution in [2.45, 2.75) is 5.16 Å². The first-order chi connectivity index (χ1) is 10.2. The first-order valence-electron chi connectivity index (χ1n) is 6.13. The zero-order valence-corrected chi connectivity index (χ0v) is 12.5. The van der Waals surface area contributed by atoms with Gasteiger partial charge in [0.1, 0.15) is 4.70 Å². The number of carbonyl (C=O) groups excluding carboxylic acids is 1. The summed E-state index contributed by atoms with van der Waals surface area (Å²) in [6.07, 6.45) is 0. The van der Waals surface area contributed by atoms with E-state index in [0.29, 0.717) is 15.4 Å². The third kappa shape index (κ3) is 2.70. The summed E-state index contributed by atoms with van der Waals surface area (Å²) in [5.41, 5.74) is 6.42.